The Morgan fingerprint density at radius 1 is 1.30 bits per heavy atom. The van der Waals surface area contributed by atoms with Gasteiger partial charge in [-0.3, -0.25) is 10.1 Å². The Morgan fingerprint density at radius 3 is 2.73 bits per heavy atom. The van der Waals surface area contributed by atoms with Gasteiger partial charge >= 0.3 is 0 Å². The molecule has 3 atom stereocenters. The van der Waals surface area contributed by atoms with E-state index >= 15 is 0 Å². The number of nitro benzene ring substituents is 1. The van der Waals surface area contributed by atoms with Gasteiger partial charge in [0.25, 0.3) is 5.69 Å². The fraction of sp³-hybridized carbons (Fsp3) is 0.381. The second-order valence-corrected chi connectivity index (χ2v) is 7.82. The minimum Gasteiger partial charge on any atom is -0.479 e. The predicted octanol–water partition coefficient (Wildman–Crippen LogP) is 1.98. The van der Waals surface area contributed by atoms with Crippen molar-refractivity contribution in [2.75, 3.05) is 19.5 Å². The lowest BCUT2D eigenvalue weighted by atomic mass is 9.84. The van der Waals surface area contributed by atoms with Gasteiger partial charge in [0.1, 0.15) is 11.9 Å². The number of hydrogen-bond donors (Lipinski definition) is 3. The summed E-state index contributed by atoms with van der Waals surface area (Å²) in [4.78, 5) is 10.9. The fourth-order valence-electron chi connectivity index (χ4n) is 4.11. The van der Waals surface area contributed by atoms with E-state index in [9.17, 15) is 15.2 Å². The van der Waals surface area contributed by atoms with Crippen molar-refractivity contribution in [3.63, 3.8) is 0 Å². The van der Waals surface area contributed by atoms with Gasteiger partial charge in [-0.1, -0.05) is 18.2 Å². The van der Waals surface area contributed by atoms with E-state index in [4.69, 9.17) is 14.2 Å². The molecule has 12 nitrogen and oxygen atoms in total. The number of fused-ring (bicyclic) bond motifs is 1. The van der Waals surface area contributed by atoms with E-state index in [2.05, 4.69) is 25.9 Å². The van der Waals surface area contributed by atoms with Gasteiger partial charge in [-0.05, 0) is 35.0 Å². The average Bonchev–Trinajstić information content (AvgIpc) is 3.31. The highest BCUT2D eigenvalue weighted by atomic mass is 16.7. The maximum Gasteiger partial charge on any atom is 0.270 e. The Labute approximate surface area is 189 Å². The maximum atomic E-state index is 11.4. The third-order valence-electron chi connectivity index (χ3n) is 5.74. The highest BCUT2D eigenvalue weighted by Gasteiger charge is 2.52. The zero-order valence-electron chi connectivity index (χ0n) is 18.3. The molecule has 1 aliphatic rings. The molecule has 0 unspecified atom stereocenters. The van der Waals surface area contributed by atoms with Crippen LogP contribution < -0.4 is 10.1 Å². The first-order valence-corrected chi connectivity index (χ1v) is 10.2. The summed E-state index contributed by atoms with van der Waals surface area (Å²) in [6.07, 6.45) is -1.69. The summed E-state index contributed by atoms with van der Waals surface area (Å²) in [6.45, 7) is 1.67. The zero-order valence-corrected chi connectivity index (χ0v) is 18.3. The number of hydrogen-bond acceptors (Lipinski definition) is 10. The molecule has 174 valence electrons. The number of H-pyrrole nitrogens is 1. The molecule has 0 spiro atoms. The van der Waals surface area contributed by atoms with Crippen LogP contribution in [0.3, 0.4) is 0 Å². The Morgan fingerprint density at radius 2 is 2.06 bits per heavy atom. The SMILES string of the molecule is COC(OC)[C@@]1(C)Oc2ccc([N+](=O)[O-])cc2[C@@H](Nc2ccccc2Cc2nnn[nH]2)[C@@H]1O. The molecule has 0 amide bonds. The van der Waals surface area contributed by atoms with Crippen molar-refractivity contribution in [1.82, 2.24) is 20.6 Å². The number of aliphatic hydroxyl groups is 1. The van der Waals surface area contributed by atoms with Crippen molar-refractivity contribution >= 4 is 11.4 Å². The summed E-state index contributed by atoms with van der Waals surface area (Å²) in [5, 5.41) is 40.1. The van der Waals surface area contributed by atoms with Crippen LogP contribution in [0.15, 0.2) is 42.5 Å². The van der Waals surface area contributed by atoms with Crippen LogP contribution in [0, 0.1) is 10.1 Å². The Bertz CT molecular complexity index is 1120. The number of nitro groups is 1. The van der Waals surface area contributed by atoms with Crippen molar-refractivity contribution in [1.29, 1.82) is 0 Å². The molecule has 0 aliphatic carbocycles. The van der Waals surface area contributed by atoms with Crippen LogP contribution in [0.25, 0.3) is 0 Å². The Kier molecular flexibility index (Phi) is 6.22. The van der Waals surface area contributed by atoms with Gasteiger partial charge in [-0.2, -0.15) is 0 Å². The van der Waals surface area contributed by atoms with E-state index in [1.807, 2.05) is 24.3 Å². The van der Waals surface area contributed by atoms with Crippen molar-refractivity contribution < 1.29 is 24.2 Å². The molecule has 0 saturated carbocycles. The largest absolute Gasteiger partial charge is 0.479 e. The normalized spacial score (nSPS) is 22.0. The molecule has 4 rings (SSSR count). The first-order valence-electron chi connectivity index (χ1n) is 10.2. The van der Waals surface area contributed by atoms with Crippen LogP contribution in [-0.2, 0) is 15.9 Å². The van der Waals surface area contributed by atoms with Crippen molar-refractivity contribution in [2.45, 2.75) is 37.4 Å². The van der Waals surface area contributed by atoms with Gasteiger partial charge in [0, 0.05) is 44.0 Å². The quantitative estimate of drug-likeness (QED) is 0.260. The fourth-order valence-corrected chi connectivity index (χ4v) is 4.11. The van der Waals surface area contributed by atoms with Crippen molar-refractivity contribution in [2.24, 2.45) is 0 Å². The van der Waals surface area contributed by atoms with Gasteiger partial charge in [0.05, 0.1) is 11.0 Å². The number of tetrazole rings is 1. The van der Waals surface area contributed by atoms with Gasteiger partial charge in [-0.25, -0.2) is 5.10 Å². The summed E-state index contributed by atoms with van der Waals surface area (Å²) < 4.78 is 16.9. The van der Waals surface area contributed by atoms with Gasteiger partial charge in [-0.15, -0.1) is 5.10 Å². The van der Waals surface area contributed by atoms with Crippen molar-refractivity contribution in [3.05, 3.63) is 69.5 Å². The number of aromatic amines is 1. The summed E-state index contributed by atoms with van der Waals surface area (Å²) in [5.41, 5.74) is 0.574. The monoisotopic (exact) mass is 456 g/mol. The molecule has 0 bridgehead atoms. The predicted molar refractivity (Wildman–Crippen MR) is 116 cm³/mol. The smallest absolute Gasteiger partial charge is 0.270 e. The molecule has 0 fully saturated rings. The molecule has 1 aromatic heterocycles. The number of aromatic nitrogens is 4. The molecule has 3 aromatic rings. The van der Waals surface area contributed by atoms with E-state index in [0.717, 1.165) is 5.56 Å². The number of rotatable bonds is 8. The van der Waals surface area contributed by atoms with E-state index in [1.165, 1.54) is 32.4 Å². The van der Waals surface area contributed by atoms with E-state index in [1.54, 1.807) is 6.92 Å². The second kappa shape index (κ2) is 9.10. The maximum absolute atomic E-state index is 11.4. The van der Waals surface area contributed by atoms with Gasteiger partial charge < -0.3 is 24.6 Å². The summed E-state index contributed by atoms with van der Waals surface area (Å²) in [5.74, 6) is 0.943. The number of benzene rings is 2. The summed E-state index contributed by atoms with van der Waals surface area (Å²) >= 11 is 0. The Hall–Kier alpha value is -3.61. The van der Waals surface area contributed by atoms with Crippen LogP contribution >= 0.6 is 0 Å². The standard InChI is InChI=1S/C21H24N6O6/c1-21(20(31-2)32-3)19(28)18(14-11-13(27(29)30)8-9-16(14)33-21)22-15-7-5-4-6-12(15)10-17-23-25-26-24-17/h4-9,11,18-20,22,28H,10H2,1-3H3,(H,23,24,25,26)/t18-,19+,21+/m1/s1. The molecule has 0 radical (unpaired) electrons. The first-order chi connectivity index (χ1) is 15.9. The van der Waals surface area contributed by atoms with Crippen LogP contribution in [0.4, 0.5) is 11.4 Å². The minimum atomic E-state index is -1.31. The molecule has 2 heterocycles. The molecular weight excluding hydrogens is 432 g/mol. The summed E-state index contributed by atoms with van der Waals surface area (Å²) in [7, 11) is 2.90. The third-order valence-corrected chi connectivity index (χ3v) is 5.74. The number of ether oxygens (including phenoxy) is 3. The first kappa shape index (κ1) is 22.6. The molecular formula is C21H24N6O6. The number of anilines is 1. The number of aliphatic hydroxyl groups excluding tert-OH is 1. The number of para-hydroxylation sites is 1. The van der Waals surface area contributed by atoms with Gasteiger partial charge in [0.15, 0.2) is 17.7 Å². The van der Waals surface area contributed by atoms with Crippen LogP contribution in [-0.4, -0.2) is 62.9 Å². The average molecular weight is 456 g/mol. The van der Waals surface area contributed by atoms with Crippen LogP contribution in [0.1, 0.15) is 29.9 Å². The lowest BCUT2D eigenvalue weighted by molar-refractivity contribution is -0.385. The molecule has 33 heavy (non-hydrogen) atoms. The topological polar surface area (TPSA) is 158 Å². The molecule has 0 saturated heterocycles. The molecule has 12 heteroatoms. The number of nitrogens with zero attached hydrogens (tertiary/aromatic N) is 4. The molecule has 1 aliphatic heterocycles. The third kappa shape index (κ3) is 4.23. The molecule has 2 aromatic carbocycles. The van der Waals surface area contributed by atoms with Crippen molar-refractivity contribution in [3.8, 4) is 5.75 Å². The zero-order chi connectivity index (χ0) is 23.6. The number of nitrogens with one attached hydrogen (secondary N) is 2. The van der Waals surface area contributed by atoms with E-state index in [-0.39, 0.29) is 5.69 Å². The van der Waals surface area contributed by atoms with Crippen LogP contribution in [0.5, 0.6) is 5.75 Å². The van der Waals surface area contributed by atoms with Gasteiger partial charge in [0.2, 0.25) is 0 Å². The lowest BCUT2D eigenvalue weighted by Crippen LogP contribution is -2.60. The highest BCUT2D eigenvalue weighted by Crippen LogP contribution is 2.45. The minimum absolute atomic E-state index is 0.115. The lowest BCUT2D eigenvalue weighted by Gasteiger charge is -2.47. The van der Waals surface area contributed by atoms with E-state index < -0.39 is 29.0 Å². The van der Waals surface area contributed by atoms with Crippen LogP contribution in [0.2, 0.25) is 0 Å². The summed E-state index contributed by atoms with van der Waals surface area (Å²) in [6, 6.07) is 11.0. The molecule has 3 N–H and O–H groups in total. The highest BCUT2D eigenvalue weighted by molar-refractivity contribution is 5.57. The Balaban J connectivity index is 1.77. The number of methoxy groups -OCH3 is 2. The second-order valence-electron chi connectivity index (χ2n) is 7.82. The van der Waals surface area contributed by atoms with E-state index in [0.29, 0.717) is 29.2 Å². The number of non-ortho nitro benzene ring substituents is 1.